The first-order chi connectivity index (χ1) is 15.4. The number of ether oxygens (including phenoxy) is 1. The van der Waals surface area contributed by atoms with Crippen molar-refractivity contribution in [3.05, 3.63) is 65.6 Å². The van der Waals surface area contributed by atoms with E-state index in [9.17, 15) is 0 Å². The Balaban J connectivity index is 1.89. The van der Waals surface area contributed by atoms with Crippen molar-refractivity contribution in [1.82, 2.24) is 15.2 Å². The van der Waals surface area contributed by atoms with Gasteiger partial charge in [-0.15, -0.1) is 5.10 Å². The molecule has 1 unspecified atom stereocenters. The summed E-state index contributed by atoms with van der Waals surface area (Å²) in [6.45, 7) is 4.63. The Morgan fingerprint density at radius 1 is 1.12 bits per heavy atom. The molecule has 2 heterocycles. The van der Waals surface area contributed by atoms with E-state index < -0.39 is 0 Å². The van der Waals surface area contributed by atoms with Crippen LogP contribution in [0.25, 0.3) is 0 Å². The van der Waals surface area contributed by atoms with Crippen LogP contribution < -0.4 is 15.4 Å². The minimum absolute atomic E-state index is 0.120. The van der Waals surface area contributed by atoms with Crippen LogP contribution in [0.15, 0.2) is 70.3 Å². The third-order valence-corrected chi connectivity index (χ3v) is 5.14. The summed E-state index contributed by atoms with van der Waals surface area (Å²) in [5.74, 6) is 1.27. The van der Waals surface area contributed by atoms with Gasteiger partial charge in [-0.1, -0.05) is 12.1 Å². The molecule has 0 spiro atoms. The second kappa shape index (κ2) is 10.7. The number of pyridine rings is 1. The van der Waals surface area contributed by atoms with E-state index in [4.69, 9.17) is 10.1 Å². The van der Waals surface area contributed by atoms with Gasteiger partial charge in [0.25, 0.3) is 0 Å². The molecule has 8 nitrogen and oxygen atoms in total. The van der Waals surface area contributed by atoms with E-state index in [1.165, 1.54) is 0 Å². The molecule has 1 aliphatic heterocycles. The minimum atomic E-state index is -0.120. The summed E-state index contributed by atoms with van der Waals surface area (Å²) < 4.78 is 6.47. The SMILES string of the molecule is CNCCC(Oc1ccccc1N/C(C)=C1\C(=N)C(N(C)C)=NN=C1C)c1ccncc1. The van der Waals surface area contributed by atoms with Gasteiger partial charge >= 0.3 is 0 Å². The quantitative estimate of drug-likeness (QED) is 0.587. The van der Waals surface area contributed by atoms with Crippen LogP contribution in [-0.4, -0.2) is 54.8 Å². The van der Waals surface area contributed by atoms with Crippen molar-refractivity contribution in [3.63, 3.8) is 0 Å². The molecule has 0 saturated carbocycles. The van der Waals surface area contributed by atoms with Crippen LogP contribution in [0.3, 0.4) is 0 Å². The molecule has 0 amide bonds. The summed E-state index contributed by atoms with van der Waals surface area (Å²) >= 11 is 0. The van der Waals surface area contributed by atoms with Crippen LogP contribution >= 0.6 is 0 Å². The Labute approximate surface area is 189 Å². The molecular weight excluding hydrogens is 402 g/mol. The second-order valence-corrected chi connectivity index (χ2v) is 7.78. The molecule has 0 radical (unpaired) electrons. The molecule has 0 bridgehead atoms. The van der Waals surface area contributed by atoms with Crippen LogP contribution in [0.2, 0.25) is 0 Å². The summed E-state index contributed by atoms with van der Waals surface area (Å²) in [5, 5.41) is 23.7. The number of amidine groups is 1. The van der Waals surface area contributed by atoms with Gasteiger partial charge in [-0.3, -0.25) is 10.4 Å². The number of para-hydroxylation sites is 2. The van der Waals surface area contributed by atoms with E-state index in [-0.39, 0.29) is 6.10 Å². The third kappa shape index (κ3) is 5.39. The number of nitrogens with one attached hydrogen (secondary N) is 3. The summed E-state index contributed by atoms with van der Waals surface area (Å²) in [5.41, 5.74) is 4.50. The van der Waals surface area contributed by atoms with Crippen molar-refractivity contribution >= 4 is 22.9 Å². The van der Waals surface area contributed by atoms with Gasteiger partial charge in [0.2, 0.25) is 0 Å². The topological polar surface area (TPSA) is 98.0 Å². The van der Waals surface area contributed by atoms with Crippen molar-refractivity contribution in [3.8, 4) is 5.75 Å². The highest BCUT2D eigenvalue weighted by Crippen LogP contribution is 2.32. The van der Waals surface area contributed by atoms with E-state index in [0.717, 1.165) is 41.2 Å². The fourth-order valence-corrected chi connectivity index (χ4v) is 3.52. The fraction of sp³-hybridized carbons (Fsp3) is 0.333. The number of rotatable bonds is 8. The lowest BCUT2D eigenvalue weighted by atomic mass is 10.0. The maximum Gasteiger partial charge on any atom is 0.176 e. The first-order valence-electron chi connectivity index (χ1n) is 10.6. The molecule has 168 valence electrons. The maximum atomic E-state index is 8.62. The summed E-state index contributed by atoms with van der Waals surface area (Å²) in [6.07, 6.45) is 4.26. The standard InChI is InChI=1S/C24H31N7O/c1-16(22-17(2)29-30-24(23(22)25)31(4)5)28-19-8-6-7-9-21(19)32-20(12-13-26-3)18-10-14-27-15-11-18/h6-11,14-15,20,25-26,28H,12-13H2,1-5H3/b22-16-,25-23?. The third-order valence-electron chi connectivity index (χ3n) is 5.14. The molecule has 8 heteroatoms. The van der Waals surface area contributed by atoms with Gasteiger partial charge in [-0.05, 0) is 57.3 Å². The van der Waals surface area contributed by atoms with Crippen molar-refractivity contribution in [2.75, 3.05) is 33.0 Å². The zero-order valence-electron chi connectivity index (χ0n) is 19.3. The lowest BCUT2D eigenvalue weighted by molar-refractivity contribution is 0.196. The number of benzene rings is 1. The van der Waals surface area contributed by atoms with Crippen molar-refractivity contribution in [2.24, 2.45) is 10.2 Å². The molecule has 3 rings (SSSR count). The van der Waals surface area contributed by atoms with Gasteiger partial charge < -0.3 is 20.3 Å². The summed E-state index contributed by atoms with van der Waals surface area (Å²) in [4.78, 5) is 5.92. The Hall–Kier alpha value is -3.52. The van der Waals surface area contributed by atoms with Gasteiger partial charge in [-0.25, -0.2) is 0 Å². The Bertz CT molecular complexity index is 1040. The number of hydrogen-bond donors (Lipinski definition) is 3. The molecular formula is C24H31N7O. The first kappa shape index (κ1) is 23.1. The molecule has 1 aromatic heterocycles. The normalized spacial score (nSPS) is 16.1. The lowest BCUT2D eigenvalue weighted by Gasteiger charge is -2.24. The maximum absolute atomic E-state index is 8.62. The number of nitrogens with zero attached hydrogens (tertiary/aromatic N) is 4. The average Bonchev–Trinajstić information content (AvgIpc) is 2.78. The zero-order chi connectivity index (χ0) is 23.1. The molecule has 1 atom stereocenters. The molecule has 0 saturated heterocycles. The van der Waals surface area contributed by atoms with E-state index in [1.54, 1.807) is 17.3 Å². The molecule has 32 heavy (non-hydrogen) atoms. The zero-order valence-corrected chi connectivity index (χ0v) is 19.3. The molecule has 0 aliphatic carbocycles. The predicted octanol–water partition coefficient (Wildman–Crippen LogP) is 3.87. The molecule has 3 N–H and O–H groups in total. The van der Waals surface area contributed by atoms with Crippen LogP contribution in [-0.2, 0) is 0 Å². The molecule has 0 fully saturated rings. The lowest BCUT2D eigenvalue weighted by Crippen LogP contribution is -2.35. The van der Waals surface area contributed by atoms with Crippen molar-refractivity contribution in [2.45, 2.75) is 26.4 Å². The van der Waals surface area contributed by atoms with Gasteiger partial charge in [0.15, 0.2) is 5.84 Å². The monoisotopic (exact) mass is 433 g/mol. The first-order valence-corrected chi connectivity index (χ1v) is 10.6. The summed E-state index contributed by atoms with van der Waals surface area (Å²) in [7, 11) is 5.65. The van der Waals surface area contributed by atoms with Gasteiger partial charge in [-0.2, -0.15) is 5.10 Å². The van der Waals surface area contributed by atoms with Crippen molar-refractivity contribution < 1.29 is 4.74 Å². The van der Waals surface area contributed by atoms with E-state index in [0.29, 0.717) is 17.3 Å². The molecule has 2 aromatic rings. The van der Waals surface area contributed by atoms with Gasteiger partial charge in [0.1, 0.15) is 17.6 Å². The smallest absolute Gasteiger partial charge is 0.176 e. The Morgan fingerprint density at radius 2 is 1.84 bits per heavy atom. The van der Waals surface area contributed by atoms with Crippen LogP contribution in [0.5, 0.6) is 5.75 Å². The number of allylic oxidation sites excluding steroid dienone is 1. The van der Waals surface area contributed by atoms with Gasteiger partial charge in [0.05, 0.1) is 11.4 Å². The average molecular weight is 434 g/mol. The minimum Gasteiger partial charge on any atom is -0.484 e. The molecule has 1 aliphatic rings. The summed E-state index contributed by atoms with van der Waals surface area (Å²) in [6, 6.07) is 11.8. The van der Waals surface area contributed by atoms with Crippen molar-refractivity contribution in [1.29, 1.82) is 5.41 Å². The predicted molar refractivity (Wildman–Crippen MR) is 131 cm³/mol. The van der Waals surface area contributed by atoms with E-state index in [1.807, 2.05) is 71.4 Å². The highest BCUT2D eigenvalue weighted by molar-refractivity contribution is 6.53. The van der Waals surface area contributed by atoms with E-state index >= 15 is 0 Å². The van der Waals surface area contributed by atoms with Gasteiger partial charge in [0, 0.05) is 44.2 Å². The Morgan fingerprint density at radius 3 is 2.53 bits per heavy atom. The van der Waals surface area contributed by atoms with Crippen LogP contribution in [0.4, 0.5) is 5.69 Å². The Kier molecular flexibility index (Phi) is 7.72. The number of hydrogen-bond acceptors (Lipinski definition) is 8. The van der Waals surface area contributed by atoms with Crippen LogP contribution in [0, 0.1) is 5.41 Å². The number of anilines is 1. The highest BCUT2D eigenvalue weighted by Gasteiger charge is 2.24. The second-order valence-electron chi connectivity index (χ2n) is 7.78. The van der Waals surface area contributed by atoms with E-state index in [2.05, 4.69) is 25.8 Å². The van der Waals surface area contributed by atoms with Crippen LogP contribution in [0.1, 0.15) is 31.9 Å². The molecule has 1 aromatic carbocycles. The number of aromatic nitrogens is 1. The highest BCUT2D eigenvalue weighted by atomic mass is 16.5. The largest absolute Gasteiger partial charge is 0.484 e. The fourth-order valence-electron chi connectivity index (χ4n) is 3.52.